The Morgan fingerprint density at radius 3 is 2.50 bits per heavy atom. The predicted octanol–water partition coefficient (Wildman–Crippen LogP) is 3.25. The molecule has 1 heterocycles. The van der Waals surface area contributed by atoms with E-state index in [9.17, 15) is 13.2 Å². The molecule has 1 saturated heterocycles. The second-order valence-electron chi connectivity index (χ2n) is 5.75. The molecule has 1 aliphatic heterocycles. The maximum Gasteiger partial charge on any atom is 0.261 e. The molecule has 1 aliphatic rings. The Morgan fingerprint density at radius 2 is 2.00 bits per heavy atom. The molecule has 20 heavy (non-hydrogen) atoms. The van der Waals surface area contributed by atoms with E-state index in [1.54, 1.807) is 11.0 Å². The van der Waals surface area contributed by atoms with Crippen molar-refractivity contribution in [3.63, 3.8) is 0 Å². The van der Waals surface area contributed by atoms with Crippen molar-refractivity contribution in [3.05, 3.63) is 28.2 Å². The summed E-state index contributed by atoms with van der Waals surface area (Å²) in [5.41, 5.74) is 0.430. The lowest BCUT2D eigenvalue weighted by Gasteiger charge is -2.20. The molecule has 0 aliphatic carbocycles. The third-order valence-electron chi connectivity index (χ3n) is 3.36. The van der Waals surface area contributed by atoms with E-state index in [2.05, 4.69) is 29.8 Å². The van der Waals surface area contributed by atoms with Crippen LogP contribution in [-0.2, 0) is 9.05 Å². The van der Waals surface area contributed by atoms with Crippen molar-refractivity contribution in [2.24, 2.45) is 5.41 Å². The molecule has 2 rings (SSSR count). The minimum atomic E-state index is -3.86. The molecule has 0 unspecified atom stereocenters. The molecule has 1 fully saturated rings. The molecule has 1 amide bonds. The molecular formula is C13H15BrClNO3S. The van der Waals surface area contributed by atoms with Crippen molar-refractivity contribution >= 4 is 41.6 Å². The Hall–Kier alpha value is -0.590. The van der Waals surface area contributed by atoms with Gasteiger partial charge >= 0.3 is 0 Å². The Morgan fingerprint density at radius 1 is 1.35 bits per heavy atom. The number of carbonyl (C=O) groups excluding carboxylic acids is 1. The van der Waals surface area contributed by atoms with Gasteiger partial charge in [0.15, 0.2) is 0 Å². The molecule has 0 bridgehead atoms. The standard InChI is InChI=1S/C13H15BrClNO3S/c1-13(2)3-4-16(8-13)12(17)9-5-10(14)7-11(6-9)20(15,18)19/h5-7H,3-4,8H2,1-2H3. The molecule has 1 aromatic carbocycles. The summed E-state index contributed by atoms with van der Waals surface area (Å²) in [6.07, 6.45) is 0.938. The van der Waals surface area contributed by atoms with Gasteiger partial charge in [-0.3, -0.25) is 4.79 Å². The lowest BCUT2D eigenvalue weighted by Crippen LogP contribution is -2.30. The summed E-state index contributed by atoms with van der Waals surface area (Å²) in [5, 5.41) is 0. The number of carbonyl (C=O) groups is 1. The van der Waals surface area contributed by atoms with Crippen molar-refractivity contribution in [3.8, 4) is 0 Å². The van der Waals surface area contributed by atoms with Crippen molar-refractivity contribution in [1.29, 1.82) is 0 Å². The molecule has 0 atom stereocenters. The SMILES string of the molecule is CC1(C)CCN(C(=O)c2cc(Br)cc(S(=O)(=O)Cl)c2)C1. The van der Waals surface area contributed by atoms with Gasteiger partial charge in [-0.2, -0.15) is 0 Å². The zero-order chi connectivity index (χ0) is 15.1. The Balaban J connectivity index is 2.34. The normalized spacial score (nSPS) is 18.3. The van der Waals surface area contributed by atoms with Crippen LogP contribution >= 0.6 is 26.6 Å². The highest BCUT2D eigenvalue weighted by molar-refractivity contribution is 9.10. The molecule has 0 saturated carbocycles. The molecule has 7 heteroatoms. The average molecular weight is 381 g/mol. The quantitative estimate of drug-likeness (QED) is 0.740. The van der Waals surface area contributed by atoms with Crippen LogP contribution in [0.4, 0.5) is 0 Å². The topological polar surface area (TPSA) is 54.5 Å². The van der Waals surface area contributed by atoms with Gasteiger partial charge in [-0.1, -0.05) is 29.8 Å². The van der Waals surface area contributed by atoms with E-state index in [-0.39, 0.29) is 16.2 Å². The number of nitrogens with zero attached hydrogens (tertiary/aromatic N) is 1. The predicted molar refractivity (Wildman–Crippen MR) is 81.5 cm³/mol. The van der Waals surface area contributed by atoms with Crippen molar-refractivity contribution in [2.75, 3.05) is 13.1 Å². The van der Waals surface area contributed by atoms with E-state index in [0.717, 1.165) is 6.42 Å². The Bertz CT molecular complexity index is 658. The Labute approximate surface area is 131 Å². The van der Waals surface area contributed by atoms with E-state index in [0.29, 0.717) is 23.1 Å². The van der Waals surface area contributed by atoms with Gasteiger partial charge in [0.2, 0.25) is 0 Å². The first-order chi connectivity index (χ1) is 9.08. The number of rotatable bonds is 2. The highest BCUT2D eigenvalue weighted by Crippen LogP contribution is 2.31. The first-order valence-corrected chi connectivity index (χ1v) is 9.23. The average Bonchev–Trinajstić information content (AvgIpc) is 2.67. The minimum absolute atomic E-state index is 0.0738. The van der Waals surface area contributed by atoms with Crippen LogP contribution in [0.1, 0.15) is 30.6 Å². The zero-order valence-electron chi connectivity index (χ0n) is 11.2. The summed E-state index contributed by atoms with van der Waals surface area (Å²) >= 11 is 3.21. The fraction of sp³-hybridized carbons (Fsp3) is 0.462. The van der Waals surface area contributed by atoms with Gasteiger partial charge in [0.05, 0.1) is 4.90 Å². The molecule has 110 valence electrons. The maximum atomic E-state index is 12.4. The molecular weight excluding hydrogens is 366 g/mol. The monoisotopic (exact) mass is 379 g/mol. The summed E-state index contributed by atoms with van der Waals surface area (Å²) < 4.78 is 23.3. The summed E-state index contributed by atoms with van der Waals surface area (Å²) in [6.45, 7) is 5.56. The highest BCUT2D eigenvalue weighted by atomic mass is 79.9. The van der Waals surface area contributed by atoms with Gasteiger partial charge in [-0.15, -0.1) is 0 Å². The van der Waals surface area contributed by atoms with E-state index >= 15 is 0 Å². The lowest BCUT2D eigenvalue weighted by atomic mass is 9.93. The molecule has 0 radical (unpaired) electrons. The summed E-state index contributed by atoms with van der Waals surface area (Å²) in [5.74, 6) is -0.168. The summed E-state index contributed by atoms with van der Waals surface area (Å²) in [6, 6.07) is 4.31. The number of amides is 1. The van der Waals surface area contributed by atoms with Crippen molar-refractivity contribution in [2.45, 2.75) is 25.2 Å². The number of halogens is 2. The molecule has 0 spiro atoms. The van der Waals surface area contributed by atoms with Gasteiger partial charge < -0.3 is 4.90 Å². The van der Waals surface area contributed by atoms with Crippen LogP contribution in [0, 0.1) is 5.41 Å². The summed E-state index contributed by atoms with van der Waals surface area (Å²) in [7, 11) is 1.48. The number of hydrogen-bond acceptors (Lipinski definition) is 3. The maximum absolute atomic E-state index is 12.4. The number of benzene rings is 1. The first kappa shape index (κ1) is 15.8. The van der Waals surface area contributed by atoms with E-state index in [1.807, 2.05) is 0 Å². The van der Waals surface area contributed by atoms with Gasteiger partial charge in [-0.25, -0.2) is 8.42 Å². The van der Waals surface area contributed by atoms with Crippen LogP contribution in [0.3, 0.4) is 0 Å². The number of likely N-dealkylation sites (tertiary alicyclic amines) is 1. The van der Waals surface area contributed by atoms with Crippen LogP contribution in [0.5, 0.6) is 0 Å². The van der Waals surface area contributed by atoms with Crippen LogP contribution in [0.2, 0.25) is 0 Å². The van der Waals surface area contributed by atoms with Crippen molar-refractivity contribution in [1.82, 2.24) is 4.90 Å². The van der Waals surface area contributed by atoms with Gasteiger partial charge in [0, 0.05) is 33.8 Å². The fourth-order valence-corrected chi connectivity index (χ4v) is 3.74. The third kappa shape index (κ3) is 3.54. The van der Waals surface area contributed by atoms with Gasteiger partial charge in [-0.05, 0) is 30.0 Å². The fourth-order valence-electron chi connectivity index (χ4n) is 2.30. The summed E-state index contributed by atoms with van der Waals surface area (Å²) in [4.78, 5) is 14.1. The van der Waals surface area contributed by atoms with E-state index in [4.69, 9.17) is 10.7 Å². The zero-order valence-corrected chi connectivity index (χ0v) is 14.3. The van der Waals surface area contributed by atoms with Crippen molar-refractivity contribution < 1.29 is 13.2 Å². The van der Waals surface area contributed by atoms with Gasteiger partial charge in [0.1, 0.15) is 0 Å². The van der Waals surface area contributed by atoms with Gasteiger partial charge in [0.25, 0.3) is 15.0 Å². The molecule has 4 nitrogen and oxygen atoms in total. The smallest absolute Gasteiger partial charge is 0.261 e. The number of hydrogen-bond donors (Lipinski definition) is 0. The molecule has 0 N–H and O–H groups in total. The Kier molecular flexibility index (Phi) is 4.19. The molecule has 0 aromatic heterocycles. The minimum Gasteiger partial charge on any atom is -0.338 e. The molecule has 1 aromatic rings. The first-order valence-electron chi connectivity index (χ1n) is 6.13. The second kappa shape index (κ2) is 5.31. The van der Waals surface area contributed by atoms with Crippen LogP contribution in [-0.4, -0.2) is 32.3 Å². The van der Waals surface area contributed by atoms with Crippen LogP contribution in [0.25, 0.3) is 0 Å². The van der Waals surface area contributed by atoms with E-state index in [1.165, 1.54) is 12.1 Å². The highest BCUT2D eigenvalue weighted by Gasteiger charge is 2.32. The van der Waals surface area contributed by atoms with Crippen LogP contribution in [0.15, 0.2) is 27.6 Å². The largest absolute Gasteiger partial charge is 0.338 e. The second-order valence-corrected chi connectivity index (χ2v) is 9.24. The lowest BCUT2D eigenvalue weighted by molar-refractivity contribution is 0.0778. The van der Waals surface area contributed by atoms with E-state index < -0.39 is 9.05 Å². The third-order valence-corrected chi connectivity index (χ3v) is 5.16. The van der Waals surface area contributed by atoms with Crippen LogP contribution < -0.4 is 0 Å².